The summed E-state index contributed by atoms with van der Waals surface area (Å²) in [4.78, 5) is 14.3. The highest BCUT2D eigenvalue weighted by atomic mass is 32.1. The second kappa shape index (κ2) is 6.15. The summed E-state index contributed by atoms with van der Waals surface area (Å²) in [5.74, 6) is -0.241. The van der Waals surface area contributed by atoms with Gasteiger partial charge in [-0.1, -0.05) is 25.6 Å². The molecule has 2 atom stereocenters. The molecule has 0 aliphatic carbocycles. The third-order valence-corrected chi connectivity index (χ3v) is 3.06. The van der Waals surface area contributed by atoms with Crippen LogP contribution in [0.1, 0.15) is 26.7 Å². The highest BCUT2D eigenvalue weighted by molar-refractivity contribution is 7.80. The summed E-state index contributed by atoms with van der Waals surface area (Å²) in [7, 11) is 0. The second-order valence-corrected chi connectivity index (χ2v) is 4.68. The third kappa shape index (κ3) is 3.42. The first-order valence-electron chi connectivity index (χ1n) is 5.76. The second-order valence-electron chi connectivity index (χ2n) is 4.21. The largest absolute Gasteiger partial charge is 0.393 e. The predicted molar refractivity (Wildman–Crippen MR) is 67.2 cm³/mol. The molecule has 2 N–H and O–H groups in total. The van der Waals surface area contributed by atoms with Crippen LogP contribution in [0.5, 0.6) is 0 Å². The molecule has 92 valence electrons. The van der Waals surface area contributed by atoms with Crippen LogP contribution < -0.4 is 5.73 Å². The van der Waals surface area contributed by atoms with Crippen molar-refractivity contribution >= 4 is 23.1 Å². The smallest absolute Gasteiger partial charge is 0.232 e. The van der Waals surface area contributed by atoms with Crippen LogP contribution in [0.15, 0.2) is 0 Å². The monoisotopic (exact) mass is 244 g/mol. The van der Waals surface area contributed by atoms with Gasteiger partial charge in [0.2, 0.25) is 5.91 Å². The molecular formula is C11H20N2O2S. The fraction of sp³-hybridized carbons (Fsp3) is 0.818. The van der Waals surface area contributed by atoms with E-state index >= 15 is 0 Å². The molecule has 1 rings (SSSR count). The van der Waals surface area contributed by atoms with Crippen LogP contribution in [0.2, 0.25) is 0 Å². The Hall–Kier alpha value is -0.680. The Morgan fingerprint density at radius 1 is 1.69 bits per heavy atom. The first-order chi connectivity index (χ1) is 7.56. The molecule has 1 aliphatic rings. The summed E-state index contributed by atoms with van der Waals surface area (Å²) in [6.45, 7) is 5.88. The number of carbonyl (C=O) groups excluding carboxylic acids is 1. The van der Waals surface area contributed by atoms with E-state index in [9.17, 15) is 4.79 Å². The van der Waals surface area contributed by atoms with E-state index in [1.165, 1.54) is 0 Å². The number of hydrogen-bond acceptors (Lipinski definition) is 3. The minimum absolute atomic E-state index is 0.0597. The molecule has 0 aromatic heterocycles. The van der Waals surface area contributed by atoms with Crippen LogP contribution in [0, 0.1) is 5.92 Å². The van der Waals surface area contributed by atoms with Gasteiger partial charge in [0.05, 0.1) is 23.6 Å². The zero-order chi connectivity index (χ0) is 12.1. The molecule has 0 bridgehead atoms. The average Bonchev–Trinajstić information content (AvgIpc) is 2.24. The summed E-state index contributed by atoms with van der Waals surface area (Å²) in [5.41, 5.74) is 5.62. The summed E-state index contributed by atoms with van der Waals surface area (Å²) in [6, 6.07) is 0. The lowest BCUT2D eigenvalue weighted by molar-refractivity contribution is -0.140. The lowest BCUT2D eigenvalue weighted by Gasteiger charge is -2.33. The Kier molecular flexibility index (Phi) is 5.15. The number of nitrogens with two attached hydrogens (primary N) is 1. The number of ether oxygens (including phenoxy) is 1. The van der Waals surface area contributed by atoms with E-state index in [1.54, 1.807) is 0 Å². The minimum atomic E-state index is -0.301. The maximum atomic E-state index is 12.2. The van der Waals surface area contributed by atoms with Gasteiger partial charge < -0.3 is 15.4 Å². The van der Waals surface area contributed by atoms with Gasteiger partial charge in [0.15, 0.2) is 0 Å². The summed E-state index contributed by atoms with van der Waals surface area (Å²) < 4.78 is 5.40. The fourth-order valence-electron chi connectivity index (χ4n) is 1.92. The molecular weight excluding hydrogens is 224 g/mol. The van der Waals surface area contributed by atoms with Crippen molar-refractivity contribution in [2.45, 2.75) is 32.8 Å². The number of rotatable bonds is 4. The van der Waals surface area contributed by atoms with E-state index in [-0.39, 0.29) is 17.9 Å². The quantitative estimate of drug-likeness (QED) is 0.748. The number of thiocarbonyl (C=S) groups is 1. The minimum Gasteiger partial charge on any atom is -0.393 e. The highest BCUT2D eigenvalue weighted by Crippen LogP contribution is 2.14. The van der Waals surface area contributed by atoms with E-state index in [0.717, 1.165) is 12.8 Å². The normalized spacial score (nSPS) is 22.9. The predicted octanol–water partition coefficient (Wildman–Crippen LogP) is 0.936. The molecule has 2 unspecified atom stereocenters. The van der Waals surface area contributed by atoms with Crippen molar-refractivity contribution in [3.8, 4) is 0 Å². The van der Waals surface area contributed by atoms with Gasteiger partial charge in [-0.15, -0.1) is 0 Å². The Balaban J connectivity index is 2.62. The van der Waals surface area contributed by atoms with Crippen molar-refractivity contribution in [3.05, 3.63) is 0 Å². The van der Waals surface area contributed by atoms with E-state index in [2.05, 4.69) is 0 Å². The van der Waals surface area contributed by atoms with Crippen LogP contribution >= 0.6 is 12.2 Å². The van der Waals surface area contributed by atoms with E-state index in [1.807, 2.05) is 18.7 Å². The topological polar surface area (TPSA) is 55.6 Å². The maximum absolute atomic E-state index is 12.2. The highest BCUT2D eigenvalue weighted by Gasteiger charge is 2.28. The number of carbonyl (C=O) groups is 1. The van der Waals surface area contributed by atoms with E-state index in [4.69, 9.17) is 22.7 Å². The molecule has 0 spiro atoms. The van der Waals surface area contributed by atoms with Crippen LogP contribution in [-0.2, 0) is 9.53 Å². The molecule has 1 aliphatic heterocycles. The van der Waals surface area contributed by atoms with Crippen LogP contribution in [0.25, 0.3) is 0 Å². The van der Waals surface area contributed by atoms with Gasteiger partial charge in [-0.25, -0.2) is 0 Å². The lowest BCUT2D eigenvalue weighted by atomic mass is 10.0. The summed E-state index contributed by atoms with van der Waals surface area (Å²) in [6.07, 6.45) is 1.75. The Morgan fingerprint density at radius 3 is 2.88 bits per heavy atom. The van der Waals surface area contributed by atoms with E-state index in [0.29, 0.717) is 24.7 Å². The number of hydrogen-bond donors (Lipinski definition) is 1. The first-order valence-corrected chi connectivity index (χ1v) is 6.16. The van der Waals surface area contributed by atoms with Gasteiger partial charge in [0.25, 0.3) is 0 Å². The third-order valence-electron chi connectivity index (χ3n) is 2.77. The molecule has 16 heavy (non-hydrogen) atoms. The van der Waals surface area contributed by atoms with Crippen molar-refractivity contribution < 1.29 is 9.53 Å². The van der Waals surface area contributed by atoms with Crippen LogP contribution in [0.3, 0.4) is 0 Å². The fourth-order valence-corrected chi connectivity index (χ4v) is 2.13. The number of amides is 1. The molecule has 0 radical (unpaired) electrons. The van der Waals surface area contributed by atoms with Gasteiger partial charge in [0, 0.05) is 13.1 Å². The molecule has 4 nitrogen and oxygen atoms in total. The van der Waals surface area contributed by atoms with Crippen LogP contribution in [0.4, 0.5) is 0 Å². The Labute approximate surface area is 102 Å². The molecule has 5 heteroatoms. The van der Waals surface area contributed by atoms with Crippen molar-refractivity contribution in [2.75, 3.05) is 19.7 Å². The van der Waals surface area contributed by atoms with Gasteiger partial charge >= 0.3 is 0 Å². The molecule has 1 saturated heterocycles. The molecule has 1 fully saturated rings. The van der Waals surface area contributed by atoms with Crippen molar-refractivity contribution in [2.24, 2.45) is 11.7 Å². The van der Waals surface area contributed by atoms with Gasteiger partial charge in [-0.2, -0.15) is 0 Å². The molecule has 0 saturated carbocycles. The zero-order valence-corrected chi connectivity index (χ0v) is 10.8. The lowest BCUT2D eigenvalue weighted by Crippen LogP contribution is -2.49. The van der Waals surface area contributed by atoms with E-state index < -0.39 is 0 Å². The summed E-state index contributed by atoms with van der Waals surface area (Å²) >= 11 is 4.96. The molecule has 1 heterocycles. The average molecular weight is 244 g/mol. The Morgan fingerprint density at radius 2 is 2.38 bits per heavy atom. The zero-order valence-electron chi connectivity index (χ0n) is 9.94. The maximum Gasteiger partial charge on any atom is 0.232 e. The number of nitrogens with zero attached hydrogens (tertiary/aromatic N) is 1. The van der Waals surface area contributed by atoms with Crippen LogP contribution in [-0.4, -0.2) is 41.6 Å². The van der Waals surface area contributed by atoms with Crippen molar-refractivity contribution in [1.29, 1.82) is 0 Å². The van der Waals surface area contributed by atoms with Crippen molar-refractivity contribution in [3.63, 3.8) is 0 Å². The summed E-state index contributed by atoms with van der Waals surface area (Å²) in [5, 5.41) is 0. The molecule has 0 aromatic carbocycles. The first kappa shape index (κ1) is 13.4. The van der Waals surface area contributed by atoms with Crippen molar-refractivity contribution in [1.82, 2.24) is 4.90 Å². The van der Waals surface area contributed by atoms with Gasteiger partial charge in [-0.3, -0.25) is 4.79 Å². The van der Waals surface area contributed by atoms with Gasteiger partial charge in [-0.05, 0) is 13.3 Å². The SMILES string of the molecule is CCCC(C(=O)N1CCOC(C)C1)C(N)=S. The van der Waals surface area contributed by atoms with Gasteiger partial charge in [0.1, 0.15) is 0 Å². The number of morpholine rings is 1. The standard InChI is InChI=1S/C11H20N2O2S/c1-3-4-9(10(12)16)11(14)13-5-6-15-8(2)7-13/h8-9H,3-7H2,1-2H3,(H2,12,16). The Bertz CT molecular complexity index is 271. The molecule has 1 amide bonds. The molecule has 0 aromatic rings.